The van der Waals surface area contributed by atoms with Gasteiger partial charge in [0.15, 0.2) is 6.29 Å². The summed E-state index contributed by atoms with van der Waals surface area (Å²) in [7, 11) is 0. The predicted octanol–water partition coefficient (Wildman–Crippen LogP) is 0.177. The number of aromatic nitrogens is 2. The summed E-state index contributed by atoms with van der Waals surface area (Å²) in [4.78, 5) is 14.2. The van der Waals surface area contributed by atoms with E-state index in [1.54, 1.807) is 0 Å². The van der Waals surface area contributed by atoms with Crippen molar-refractivity contribution >= 4 is 6.29 Å². The summed E-state index contributed by atoms with van der Waals surface area (Å²) < 4.78 is 4.89. The third-order valence-corrected chi connectivity index (χ3v) is 2.17. The lowest BCUT2D eigenvalue weighted by atomic mass is 10.2. The van der Waals surface area contributed by atoms with Gasteiger partial charge in [-0.2, -0.15) is 4.98 Å². The molecule has 1 aliphatic heterocycles. The molecule has 0 radical (unpaired) electrons. The van der Waals surface area contributed by atoms with Crippen molar-refractivity contribution in [3.05, 3.63) is 11.7 Å². The second kappa shape index (κ2) is 3.66. The SMILES string of the molecule is O=Cc1noc(CC2CCCN2)n1. The molecule has 0 bridgehead atoms. The van der Waals surface area contributed by atoms with Crippen molar-refractivity contribution in [2.45, 2.75) is 25.3 Å². The second-order valence-corrected chi connectivity index (χ2v) is 3.16. The number of rotatable bonds is 3. The average molecular weight is 181 g/mol. The summed E-state index contributed by atoms with van der Waals surface area (Å²) >= 11 is 0. The highest BCUT2D eigenvalue weighted by molar-refractivity contribution is 5.68. The molecule has 2 heterocycles. The summed E-state index contributed by atoms with van der Waals surface area (Å²) in [6.45, 7) is 1.05. The van der Waals surface area contributed by atoms with Crippen LogP contribution in [0.1, 0.15) is 29.4 Å². The third kappa shape index (κ3) is 1.92. The molecule has 13 heavy (non-hydrogen) atoms. The fraction of sp³-hybridized carbons (Fsp3) is 0.625. The zero-order chi connectivity index (χ0) is 9.10. The van der Waals surface area contributed by atoms with Crippen LogP contribution in [0.25, 0.3) is 0 Å². The Morgan fingerprint density at radius 2 is 2.62 bits per heavy atom. The van der Waals surface area contributed by atoms with Crippen molar-refractivity contribution in [3.8, 4) is 0 Å². The molecule has 0 amide bonds. The lowest BCUT2D eigenvalue weighted by Crippen LogP contribution is -2.23. The molecule has 70 valence electrons. The number of aldehydes is 1. The molecule has 1 atom stereocenters. The summed E-state index contributed by atoms with van der Waals surface area (Å²) in [5, 5.41) is 6.81. The Hall–Kier alpha value is -1.23. The highest BCUT2D eigenvalue weighted by Crippen LogP contribution is 2.10. The minimum atomic E-state index is 0.132. The van der Waals surface area contributed by atoms with Gasteiger partial charge in [-0.05, 0) is 19.4 Å². The minimum Gasteiger partial charge on any atom is -0.339 e. The van der Waals surface area contributed by atoms with Crippen molar-refractivity contribution in [3.63, 3.8) is 0 Å². The van der Waals surface area contributed by atoms with Gasteiger partial charge in [-0.1, -0.05) is 5.16 Å². The highest BCUT2D eigenvalue weighted by atomic mass is 16.5. The standard InChI is InChI=1S/C8H11N3O2/c12-5-7-10-8(13-11-7)4-6-2-1-3-9-6/h5-6,9H,1-4H2. The lowest BCUT2D eigenvalue weighted by molar-refractivity contribution is 0.111. The van der Waals surface area contributed by atoms with Gasteiger partial charge in [0, 0.05) is 12.5 Å². The maximum absolute atomic E-state index is 10.3. The van der Waals surface area contributed by atoms with Gasteiger partial charge >= 0.3 is 0 Å². The van der Waals surface area contributed by atoms with Crippen molar-refractivity contribution in [1.82, 2.24) is 15.5 Å². The van der Waals surface area contributed by atoms with E-state index in [2.05, 4.69) is 15.5 Å². The molecule has 1 aromatic rings. The van der Waals surface area contributed by atoms with Crippen molar-refractivity contribution < 1.29 is 9.32 Å². The fourth-order valence-electron chi connectivity index (χ4n) is 1.54. The Bertz CT molecular complexity index is 291. The van der Waals surface area contributed by atoms with Gasteiger partial charge in [0.1, 0.15) is 0 Å². The molecular formula is C8H11N3O2. The molecule has 0 spiro atoms. The van der Waals surface area contributed by atoms with E-state index in [4.69, 9.17) is 4.52 Å². The van der Waals surface area contributed by atoms with E-state index in [-0.39, 0.29) is 5.82 Å². The third-order valence-electron chi connectivity index (χ3n) is 2.17. The van der Waals surface area contributed by atoms with E-state index in [1.165, 1.54) is 6.42 Å². The molecule has 1 aromatic heterocycles. The molecule has 0 aromatic carbocycles. The van der Waals surface area contributed by atoms with Crippen molar-refractivity contribution in [2.75, 3.05) is 6.54 Å². The first kappa shape index (κ1) is 8.37. The van der Waals surface area contributed by atoms with Gasteiger partial charge in [-0.15, -0.1) is 0 Å². The maximum atomic E-state index is 10.3. The van der Waals surface area contributed by atoms with Gasteiger partial charge in [-0.25, -0.2) is 0 Å². The lowest BCUT2D eigenvalue weighted by Gasteiger charge is -2.04. The summed E-state index contributed by atoms with van der Waals surface area (Å²) in [6, 6.07) is 0.431. The van der Waals surface area contributed by atoms with Crippen LogP contribution in [0.15, 0.2) is 4.52 Å². The quantitative estimate of drug-likeness (QED) is 0.673. The average Bonchev–Trinajstić information content (AvgIpc) is 2.76. The summed E-state index contributed by atoms with van der Waals surface area (Å²) in [5.41, 5.74) is 0. The molecule has 2 rings (SSSR count). The number of hydrogen-bond acceptors (Lipinski definition) is 5. The fourth-order valence-corrected chi connectivity index (χ4v) is 1.54. The molecule has 1 saturated heterocycles. The number of carbonyl (C=O) groups is 1. The van der Waals surface area contributed by atoms with Crippen LogP contribution in [0, 0.1) is 0 Å². The molecule has 1 unspecified atom stereocenters. The van der Waals surface area contributed by atoms with Crippen LogP contribution >= 0.6 is 0 Å². The molecule has 1 aliphatic rings. The van der Waals surface area contributed by atoms with Gasteiger partial charge in [-0.3, -0.25) is 4.79 Å². The van der Waals surface area contributed by atoms with Gasteiger partial charge < -0.3 is 9.84 Å². The van der Waals surface area contributed by atoms with E-state index >= 15 is 0 Å². The molecule has 0 saturated carbocycles. The second-order valence-electron chi connectivity index (χ2n) is 3.16. The Balaban J connectivity index is 1.96. The highest BCUT2D eigenvalue weighted by Gasteiger charge is 2.17. The molecule has 5 nitrogen and oxygen atoms in total. The van der Waals surface area contributed by atoms with Crippen LogP contribution in [-0.2, 0) is 6.42 Å². The number of hydrogen-bond donors (Lipinski definition) is 1. The Morgan fingerprint density at radius 3 is 3.23 bits per heavy atom. The van der Waals surface area contributed by atoms with Gasteiger partial charge in [0.25, 0.3) is 0 Å². The van der Waals surface area contributed by atoms with Crippen molar-refractivity contribution in [2.24, 2.45) is 0 Å². The van der Waals surface area contributed by atoms with Crippen LogP contribution in [0.2, 0.25) is 0 Å². The predicted molar refractivity (Wildman–Crippen MR) is 44.4 cm³/mol. The topological polar surface area (TPSA) is 68.0 Å². The Labute approximate surface area is 75.5 Å². The molecule has 0 aliphatic carbocycles. The first-order valence-corrected chi connectivity index (χ1v) is 4.39. The van der Waals surface area contributed by atoms with Crippen LogP contribution in [-0.4, -0.2) is 29.0 Å². The Morgan fingerprint density at radius 1 is 1.69 bits per heavy atom. The van der Waals surface area contributed by atoms with E-state index in [1.807, 2.05) is 0 Å². The van der Waals surface area contributed by atoms with E-state index in [0.717, 1.165) is 19.4 Å². The summed E-state index contributed by atoms with van der Waals surface area (Å²) in [6.07, 6.45) is 3.65. The molecule has 5 heteroatoms. The number of carbonyl (C=O) groups excluding carboxylic acids is 1. The largest absolute Gasteiger partial charge is 0.339 e. The monoisotopic (exact) mass is 181 g/mol. The number of nitrogens with one attached hydrogen (secondary N) is 1. The van der Waals surface area contributed by atoms with Gasteiger partial charge in [0.2, 0.25) is 11.7 Å². The first-order chi connectivity index (χ1) is 6.38. The molecular weight excluding hydrogens is 170 g/mol. The molecule has 1 N–H and O–H groups in total. The van der Waals surface area contributed by atoms with Crippen LogP contribution in [0.5, 0.6) is 0 Å². The normalized spacial score (nSPS) is 22.0. The smallest absolute Gasteiger partial charge is 0.235 e. The van der Waals surface area contributed by atoms with Crippen LogP contribution < -0.4 is 5.32 Å². The zero-order valence-electron chi connectivity index (χ0n) is 7.19. The zero-order valence-corrected chi connectivity index (χ0v) is 7.19. The van der Waals surface area contributed by atoms with Crippen molar-refractivity contribution in [1.29, 1.82) is 0 Å². The maximum Gasteiger partial charge on any atom is 0.235 e. The van der Waals surface area contributed by atoms with E-state index in [0.29, 0.717) is 18.2 Å². The Kier molecular flexibility index (Phi) is 2.35. The minimum absolute atomic E-state index is 0.132. The van der Waals surface area contributed by atoms with Gasteiger partial charge in [0.05, 0.1) is 0 Å². The summed E-state index contributed by atoms with van der Waals surface area (Å²) in [5.74, 6) is 0.675. The number of nitrogens with zero attached hydrogens (tertiary/aromatic N) is 2. The van der Waals surface area contributed by atoms with E-state index in [9.17, 15) is 4.79 Å². The first-order valence-electron chi connectivity index (χ1n) is 4.39. The van der Waals surface area contributed by atoms with Crippen LogP contribution in [0.4, 0.5) is 0 Å². The van der Waals surface area contributed by atoms with E-state index < -0.39 is 0 Å². The van der Waals surface area contributed by atoms with Crippen LogP contribution in [0.3, 0.4) is 0 Å². The molecule has 1 fully saturated rings.